The summed E-state index contributed by atoms with van der Waals surface area (Å²) in [6.45, 7) is 2.32. The van der Waals surface area contributed by atoms with Crippen molar-refractivity contribution < 1.29 is 95.5 Å². The van der Waals surface area contributed by atoms with Crippen LogP contribution in [0.15, 0.2) is 49.1 Å². The van der Waals surface area contributed by atoms with Gasteiger partial charge in [0.25, 0.3) is 0 Å². The summed E-state index contributed by atoms with van der Waals surface area (Å²) in [5.74, 6) is -2.09. The van der Waals surface area contributed by atoms with E-state index >= 15 is 0 Å². The molecule has 0 bridgehead atoms. The predicted octanol–water partition coefficient (Wildman–Crippen LogP) is 1.62. The van der Waals surface area contributed by atoms with Crippen LogP contribution in [0.5, 0.6) is 0 Å². The fourth-order valence-corrected chi connectivity index (χ4v) is 10.9. The first-order valence-electron chi connectivity index (χ1n) is 22.7. The molecule has 1 saturated carbocycles. The van der Waals surface area contributed by atoms with Crippen molar-refractivity contribution in [3.05, 3.63) is 49.1 Å². The number of fused-ring (bicyclic) bond motifs is 1. The molecule has 2 fully saturated rings. The highest BCUT2D eigenvalue weighted by atomic mass is 32.2. The molecule has 0 aromatic carbocycles. The van der Waals surface area contributed by atoms with Crippen molar-refractivity contribution in [2.75, 3.05) is 37.8 Å². The van der Waals surface area contributed by atoms with Gasteiger partial charge in [0.2, 0.25) is 11.8 Å². The van der Waals surface area contributed by atoms with Crippen molar-refractivity contribution in [1.29, 1.82) is 0 Å². The van der Waals surface area contributed by atoms with Crippen LogP contribution in [0, 0.1) is 17.3 Å². The number of anilines is 1. The van der Waals surface area contributed by atoms with E-state index in [2.05, 4.69) is 34.4 Å². The number of carbonyl (C=O) groups is 4. The predicted molar refractivity (Wildman–Crippen MR) is 257 cm³/mol. The van der Waals surface area contributed by atoms with Crippen molar-refractivity contribution >= 4 is 74.9 Å². The molecule has 11 atom stereocenters. The minimum Gasteiger partial charge on any atom is -0.392 e. The Bertz CT molecular complexity index is 2400. The van der Waals surface area contributed by atoms with Crippen LogP contribution in [0.4, 0.5) is 5.82 Å². The molecule has 2 aliphatic rings. The number of carbonyl (C=O) groups excluding carboxylic acids is 4. The molecule has 2 aromatic heterocycles. The van der Waals surface area contributed by atoms with E-state index in [0.717, 1.165) is 35.4 Å². The van der Waals surface area contributed by atoms with Crippen molar-refractivity contribution in [3.63, 3.8) is 0 Å². The molecule has 1 saturated heterocycles. The van der Waals surface area contributed by atoms with Gasteiger partial charge in [-0.1, -0.05) is 69.0 Å². The molecule has 3 heterocycles. The average Bonchev–Trinajstić information content (AvgIpc) is 3.94. The molecular weight excluding hydrogens is 1040 g/mol. The second-order valence-corrected chi connectivity index (χ2v) is 22.8. The number of hydrogen-bond acceptors (Lipinski definition) is 21. The Morgan fingerprint density at radius 1 is 1.00 bits per heavy atom. The van der Waals surface area contributed by atoms with Crippen LogP contribution in [0.1, 0.15) is 78.4 Å². The summed E-state index contributed by atoms with van der Waals surface area (Å²) in [6, 6.07) is 0. The monoisotopic (exact) mass is 1100 g/mol. The van der Waals surface area contributed by atoms with Crippen molar-refractivity contribution in [2.24, 2.45) is 17.3 Å². The summed E-state index contributed by atoms with van der Waals surface area (Å²) in [5, 5.41) is 47.0. The highest BCUT2D eigenvalue weighted by Gasteiger charge is 2.50. The summed E-state index contributed by atoms with van der Waals surface area (Å²) >= 11 is 1.04. The lowest BCUT2D eigenvalue weighted by Gasteiger charge is -2.30. The number of nitrogen functional groups attached to an aromatic ring is 1. The number of allylic oxidation sites excluding steroid dienone is 4. The maximum absolute atomic E-state index is 12.8. The number of ketones is 1. The molecule has 72 heavy (non-hydrogen) atoms. The average molecular weight is 1100 g/mol. The Hall–Kier alpha value is -3.63. The molecular formula is C41H64N7O20P3S. The number of Topliss-reactive ketones (excluding diaryl/α,β-unsaturated/α-hetero) is 1. The van der Waals surface area contributed by atoms with Gasteiger partial charge in [-0.3, -0.25) is 37.3 Å². The molecule has 2 aromatic rings. The zero-order valence-corrected chi connectivity index (χ0v) is 43.1. The number of aliphatic hydroxyl groups is 4. The van der Waals surface area contributed by atoms with E-state index in [1.54, 1.807) is 12.2 Å². The maximum Gasteiger partial charge on any atom is 0.481 e. The number of amides is 2. The minimum atomic E-state index is -5.60. The van der Waals surface area contributed by atoms with Gasteiger partial charge >= 0.3 is 23.5 Å². The number of aromatic nitrogens is 4. The molecule has 31 heteroatoms. The van der Waals surface area contributed by atoms with E-state index in [9.17, 15) is 72.9 Å². The van der Waals surface area contributed by atoms with Crippen LogP contribution in [0.2, 0.25) is 0 Å². The largest absolute Gasteiger partial charge is 0.481 e. The normalized spacial score (nSPS) is 24.5. The van der Waals surface area contributed by atoms with E-state index in [1.165, 1.54) is 13.8 Å². The first-order valence-corrected chi connectivity index (χ1v) is 28.2. The number of rotatable bonds is 30. The van der Waals surface area contributed by atoms with Gasteiger partial charge in [0.1, 0.15) is 42.0 Å². The molecule has 0 radical (unpaired) electrons. The second-order valence-electron chi connectivity index (χ2n) is 17.4. The van der Waals surface area contributed by atoms with E-state index in [-0.39, 0.29) is 71.9 Å². The van der Waals surface area contributed by atoms with E-state index in [4.69, 9.17) is 19.5 Å². The lowest BCUT2D eigenvalue weighted by molar-refractivity contribution is -0.137. The van der Waals surface area contributed by atoms with E-state index in [0.29, 0.717) is 25.7 Å². The number of imidazole rings is 1. The summed E-state index contributed by atoms with van der Waals surface area (Å²) in [7, 11) is -16.5. The Kier molecular flexibility index (Phi) is 23.5. The van der Waals surface area contributed by atoms with Crippen molar-refractivity contribution in [2.45, 2.75) is 115 Å². The SMILES string of the molecule is CC/C=C/CC(O)/C=C/C1C(=O)CC(O)C1C/C=C/CCCC(=O)SCCNC(=O)CCNC(=O)C(O)C(C)(C)COP(=O)(O)OP(=O)(O)OCC1OC(n2cnc3c(N)ncnc32)C(O)C1OP(=O)(O)O. The van der Waals surface area contributed by atoms with Crippen molar-refractivity contribution in [1.82, 2.24) is 30.2 Å². The van der Waals surface area contributed by atoms with Crippen LogP contribution < -0.4 is 16.4 Å². The number of unbranched alkanes of at least 4 members (excludes halogenated alkanes) is 1. The molecule has 0 spiro atoms. The Morgan fingerprint density at radius 3 is 2.43 bits per heavy atom. The smallest absolute Gasteiger partial charge is 0.392 e. The third kappa shape index (κ3) is 19.3. The topological polar surface area (TPSA) is 421 Å². The molecule has 11 unspecified atom stereocenters. The molecule has 404 valence electrons. The first-order chi connectivity index (χ1) is 33.7. The van der Waals surface area contributed by atoms with Gasteiger partial charge in [-0.25, -0.2) is 28.6 Å². The molecule has 1 aliphatic carbocycles. The van der Waals surface area contributed by atoms with Crippen LogP contribution in [0.3, 0.4) is 0 Å². The van der Waals surface area contributed by atoms with Gasteiger partial charge in [0.15, 0.2) is 22.8 Å². The summed E-state index contributed by atoms with van der Waals surface area (Å²) < 4.78 is 62.4. The molecule has 27 nitrogen and oxygen atoms in total. The first kappa shape index (κ1) is 60.9. The number of phosphoric acid groups is 3. The van der Waals surface area contributed by atoms with Crippen LogP contribution >= 0.6 is 35.2 Å². The number of nitrogens with one attached hydrogen (secondary N) is 2. The van der Waals surface area contributed by atoms with Gasteiger partial charge in [-0.05, 0) is 32.1 Å². The number of thioether (sulfide) groups is 1. The fourth-order valence-electron chi connectivity index (χ4n) is 7.36. The van der Waals surface area contributed by atoms with Crippen LogP contribution in [-0.4, -0.2) is 151 Å². The number of nitrogens with two attached hydrogens (primary N) is 1. The van der Waals surface area contributed by atoms with E-state index < -0.39 is 103 Å². The van der Waals surface area contributed by atoms with Gasteiger partial charge in [0, 0.05) is 55.4 Å². The second kappa shape index (κ2) is 27.8. The minimum absolute atomic E-state index is 0.0201. The highest BCUT2D eigenvalue weighted by molar-refractivity contribution is 8.13. The van der Waals surface area contributed by atoms with Crippen LogP contribution in [0.25, 0.3) is 11.2 Å². The number of hydrogen-bond donors (Lipinski definition) is 11. The van der Waals surface area contributed by atoms with Gasteiger partial charge in [0.05, 0.1) is 31.7 Å². The number of phosphoric ester groups is 3. The number of ether oxygens (including phenoxy) is 1. The Morgan fingerprint density at radius 2 is 1.72 bits per heavy atom. The summed E-state index contributed by atoms with van der Waals surface area (Å²) in [5.41, 5.74) is 4.22. The standard InChI is InChI=1S/C41H64N7O20P3S/c1-4-5-8-11-25(49)14-15-27-26(28(50)20-29(27)51)12-9-6-7-10-13-32(53)72-19-18-43-31(52)16-17-44-39(56)36(55)41(2,3)22-65-71(62,63)68-70(60,61)64-21-30-35(67-69(57,58)59)34(54)40(66-30)48-24-47-33-37(42)45-23-46-38(33)48/h5-6,8-9,14-15,23-28,30,34-36,40,49-50,54-55H,4,7,10-13,16-22H2,1-3H3,(H,43,52)(H,44,56)(H,60,61)(H,62,63)(H2,42,45,46)(H2,57,58,59)/b8-5+,9-6+,15-14+. The van der Waals surface area contributed by atoms with Gasteiger partial charge < -0.3 is 61.1 Å². The zero-order valence-electron chi connectivity index (χ0n) is 39.6. The number of aliphatic hydroxyl groups excluding tert-OH is 4. The third-order valence-electron chi connectivity index (χ3n) is 11.1. The fraction of sp³-hybridized carbons (Fsp3) is 0.634. The lowest BCUT2D eigenvalue weighted by atomic mass is 9.87. The summed E-state index contributed by atoms with van der Waals surface area (Å²) in [4.78, 5) is 101. The Labute approximate surface area is 418 Å². The number of nitrogens with zero attached hydrogens (tertiary/aromatic N) is 4. The summed E-state index contributed by atoms with van der Waals surface area (Å²) in [6.07, 6.45) is 5.64. The Balaban J connectivity index is 1.11. The molecule has 2 amide bonds. The van der Waals surface area contributed by atoms with E-state index in [1.807, 2.05) is 31.2 Å². The molecule has 1 aliphatic heterocycles. The maximum atomic E-state index is 12.8. The third-order valence-corrected chi connectivity index (χ3v) is 15.2. The molecule has 4 rings (SSSR count). The zero-order chi connectivity index (χ0) is 53.4. The van der Waals surface area contributed by atoms with Crippen molar-refractivity contribution in [3.8, 4) is 0 Å². The lowest BCUT2D eigenvalue weighted by Crippen LogP contribution is -2.46. The van der Waals surface area contributed by atoms with Crippen LogP contribution in [-0.2, 0) is 55.5 Å². The molecule has 12 N–H and O–H groups in total. The van der Waals surface area contributed by atoms with Gasteiger partial charge in [-0.2, -0.15) is 4.31 Å². The highest BCUT2D eigenvalue weighted by Crippen LogP contribution is 2.61. The quantitative estimate of drug-likeness (QED) is 0.0301. The van der Waals surface area contributed by atoms with Gasteiger partial charge in [-0.15, -0.1) is 0 Å².